The van der Waals surface area contributed by atoms with Crippen molar-refractivity contribution in [3.8, 4) is 16.9 Å². The van der Waals surface area contributed by atoms with Gasteiger partial charge >= 0.3 is 0 Å². The van der Waals surface area contributed by atoms with Gasteiger partial charge in [0.1, 0.15) is 5.75 Å². The monoisotopic (exact) mass is 362 g/mol. The van der Waals surface area contributed by atoms with Crippen molar-refractivity contribution in [2.45, 2.75) is 0 Å². The smallest absolute Gasteiger partial charge is 0.264 e. The Bertz CT molecular complexity index is 866. The molecule has 2 N–H and O–H groups in total. The number of carbonyl (C=O) groups excluding carboxylic acids is 1. The summed E-state index contributed by atoms with van der Waals surface area (Å²) in [6.07, 6.45) is 0. The zero-order valence-electron chi connectivity index (χ0n) is 14.0. The molecule has 4 nitrogen and oxygen atoms in total. The number of hydrogen-bond acceptors (Lipinski definition) is 3. The summed E-state index contributed by atoms with van der Waals surface area (Å²) in [4.78, 5) is 11.9. The van der Waals surface area contributed by atoms with Gasteiger partial charge in [0.05, 0.1) is 0 Å². The van der Waals surface area contributed by atoms with Gasteiger partial charge in [0.15, 0.2) is 11.7 Å². The first-order chi connectivity index (χ1) is 12.7. The van der Waals surface area contributed by atoms with Crippen LogP contribution in [0.25, 0.3) is 11.1 Å². The van der Waals surface area contributed by atoms with Crippen LogP contribution in [0.15, 0.2) is 84.9 Å². The molecule has 0 saturated heterocycles. The van der Waals surface area contributed by atoms with Gasteiger partial charge in [-0.25, -0.2) is 0 Å². The second kappa shape index (κ2) is 8.78. The molecule has 0 aromatic heterocycles. The standard InChI is InChI=1S/C21H18N2O2S/c24-20(15-25-19-9-5-2-6-10-19)23-21(26)22-18-13-11-17(12-14-18)16-7-3-1-4-8-16/h1-14H,15H2,(H2,22,23,24,26). The summed E-state index contributed by atoms with van der Waals surface area (Å²) in [6, 6.07) is 27.1. The molecule has 0 bridgehead atoms. The molecule has 5 heteroatoms. The molecular weight excluding hydrogens is 344 g/mol. The van der Waals surface area contributed by atoms with Crippen LogP contribution in [0.3, 0.4) is 0 Å². The molecule has 0 saturated carbocycles. The lowest BCUT2D eigenvalue weighted by atomic mass is 10.1. The van der Waals surface area contributed by atoms with E-state index < -0.39 is 0 Å². The van der Waals surface area contributed by atoms with Crippen LogP contribution in [-0.2, 0) is 4.79 Å². The molecule has 0 aliphatic rings. The Labute approximate surface area is 157 Å². The van der Waals surface area contributed by atoms with Gasteiger partial charge in [-0.2, -0.15) is 0 Å². The van der Waals surface area contributed by atoms with Crippen LogP contribution in [0.4, 0.5) is 5.69 Å². The summed E-state index contributed by atoms with van der Waals surface area (Å²) < 4.78 is 5.38. The van der Waals surface area contributed by atoms with E-state index in [0.717, 1.165) is 16.8 Å². The number of amides is 1. The molecular formula is C21H18N2O2S. The molecule has 130 valence electrons. The SMILES string of the molecule is O=C(COc1ccccc1)NC(=S)Nc1ccc(-c2ccccc2)cc1. The van der Waals surface area contributed by atoms with Crippen LogP contribution in [0.1, 0.15) is 0 Å². The van der Waals surface area contributed by atoms with Crippen LogP contribution in [0.2, 0.25) is 0 Å². The number of thiocarbonyl (C=S) groups is 1. The van der Waals surface area contributed by atoms with Gasteiger partial charge in [-0.05, 0) is 47.6 Å². The zero-order chi connectivity index (χ0) is 18.2. The van der Waals surface area contributed by atoms with Gasteiger partial charge in [0, 0.05) is 5.69 Å². The highest BCUT2D eigenvalue weighted by molar-refractivity contribution is 7.80. The zero-order valence-corrected chi connectivity index (χ0v) is 14.8. The minimum Gasteiger partial charge on any atom is -0.484 e. The second-order valence-electron chi connectivity index (χ2n) is 5.55. The fourth-order valence-corrected chi connectivity index (χ4v) is 2.60. The fraction of sp³-hybridized carbons (Fsp3) is 0.0476. The third-order valence-electron chi connectivity index (χ3n) is 3.62. The number of ether oxygens (including phenoxy) is 1. The predicted octanol–water partition coefficient (Wildman–Crippen LogP) is 4.25. The van der Waals surface area contributed by atoms with E-state index in [-0.39, 0.29) is 17.6 Å². The first-order valence-electron chi connectivity index (χ1n) is 8.15. The molecule has 3 aromatic carbocycles. The molecule has 26 heavy (non-hydrogen) atoms. The van der Waals surface area contributed by atoms with E-state index in [2.05, 4.69) is 22.8 Å². The Balaban J connectivity index is 1.49. The average molecular weight is 362 g/mol. The molecule has 3 rings (SSSR count). The summed E-state index contributed by atoms with van der Waals surface area (Å²) >= 11 is 5.17. The maximum Gasteiger partial charge on any atom is 0.264 e. The number of carbonyl (C=O) groups is 1. The minimum atomic E-state index is -0.313. The number of hydrogen-bond donors (Lipinski definition) is 2. The molecule has 0 unspecified atom stereocenters. The van der Waals surface area contributed by atoms with Crippen LogP contribution >= 0.6 is 12.2 Å². The van der Waals surface area contributed by atoms with Crippen molar-refractivity contribution in [3.05, 3.63) is 84.9 Å². The maximum absolute atomic E-state index is 11.9. The topological polar surface area (TPSA) is 50.4 Å². The summed E-state index contributed by atoms with van der Waals surface area (Å²) in [5, 5.41) is 5.83. The largest absolute Gasteiger partial charge is 0.484 e. The molecule has 0 radical (unpaired) electrons. The van der Waals surface area contributed by atoms with E-state index in [1.54, 1.807) is 12.1 Å². The quantitative estimate of drug-likeness (QED) is 0.667. The van der Waals surface area contributed by atoms with Gasteiger partial charge in [-0.15, -0.1) is 0 Å². The lowest BCUT2D eigenvalue weighted by Gasteiger charge is -2.11. The van der Waals surface area contributed by atoms with Crippen LogP contribution < -0.4 is 15.4 Å². The minimum absolute atomic E-state index is 0.0984. The number of benzene rings is 3. The van der Waals surface area contributed by atoms with Crippen molar-refractivity contribution >= 4 is 28.9 Å². The summed E-state index contributed by atoms with van der Waals surface area (Å²) in [5.74, 6) is 0.324. The first kappa shape index (κ1) is 17.6. The van der Waals surface area contributed by atoms with Crippen molar-refractivity contribution in [3.63, 3.8) is 0 Å². The van der Waals surface area contributed by atoms with Crippen molar-refractivity contribution in [1.82, 2.24) is 5.32 Å². The third-order valence-corrected chi connectivity index (χ3v) is 3.82. The van der Waals surface area contributed by atoms with Crippen LogP contribution in [0, 0.1) is 0 Å². The van der Waals surface area contributed by atoms with Crippen LogP contribution in [0.5, 0.6) is 5.75 Å². The lowest BCUT2D eigenvalue weighted by Crippen LogP contribution is -2.37. The molecule has 0 atom stereocenters. The molecule has 3 aromatic rings. The second-order valence-corrected chi connectivity index (χ2v) is 5.96. The van der Waals surface area contributed by atoms with Gasteiger partial charge in [0.2, 0.25) is 0 Å². The van der Waals surface area contributed by atoms with Crippen molar-refractivity contribution in [1.29, 1.82) is 0 Å². The summed E-state index contributed by atoms with van der Waals surface area (Å²) in [5.41, 5.74) is 3.06. The normalized spacial score (nSPS) is 10.0. The van der Waals surface area contributed by atoms with Gasteiger partial charge in [-0.3, -0.25) is 10.1 Å². The predicted molar refractivity (Wildman–Crippen MR) is 108 cm³/mol. The van der Waals surface area contributed by atoms with E-state index >= 15 is 0 Å². The van der Waals surface area contributed by atoms with E-state index in [1.165, 1.54) is 0 Å². The number of anilines is 1. The van der Waals surface area contributed by atoms with Gasteiger partial charge < -0.3 is 10.1 Å². The Morgan fingerprint density at radius 2 is 1.38 bits per heavy atom. The van der Waals surface area contributed by atoms with Crippen molar-refractivity contribution in [2.24, 2.45) is 0 Å². The number of rotatable bonds is 5. The summed E-state index contributed by atoms with van der Waals surface area (Å²) in [6.45, 7) is -0.0984. The molecule has 1 amide bonds. The van der Waals surface area contributed by atoms with Crippen LogP contribution in [-0.4, -0.2) is 17.6 Å². The maximum atomic E-state index is 11.9. The Morgan fingerprint density at radius 1 is 0.808 bits per heavy atom. The summed E-state index contributed by atoms with van der Waals surface area (Å²) in [7, 11) is 0. The van der Waals surface area contributed by atoms with E-state index in [1.807, 2.05) is 60.7 Å². The van der Waals surface area contributed by atoms with E-state index in [4.69, 9.17) is 17.0 Å². The number of nitrogens with one attached hydrogen (secondary N) is 2. The lowest BCUT2D eigenvalue weighted by molar-refractivity contribution is -0.121. The van der Waals surface area contributed by atoms with E-state index in [0.29, 0.717) is 5.75 Å². The Hall–Kier alpha value is -3.18. The van der Waals surface area contributed by atoms with Gasteiger partial charge in [0.25, 0.3) is 5.91 Å². The highest BCUT2D eigenvalue weighted by atomic mass is 32.1. The third kappa shape index (κ3) is 5.16. The van der Waals surface area contributed by atoms with Crippen molar-refractivity contribution < 1.29 is 9.53 Å². The average Bonchev–Trinajstić information content (AvgIpc) is 2.68. The molecule has 0 heterocycles. The van der Waals surface area contributed by atoms with E-state index in [9.17, 15) is 4.79 Å². The highest BCUT2D eigenvalue weighted by Crippen LogP contribution is 2.20. The fourth-order valence-electron chi connectivity index (χ4n) is 2.37. The molecule has 0 spiro atoms. The first-order valence-corrected chi connectivity index (χ1v) is 8.56. The number of para-hydroxylation sites is 1. The Morgan fingerprint density at radius 3 is 2.04 bits per heavy atom. The Kier molecular flexibility index (Phi) is 5.96. The molecule has 0 aliphatic heterocycles. The van der Waals surface area contributed by atoms with Gasteiger partial charge in [-0.1, -0.05) is 60.7 Å². The highest BCUT2D eigenvalue weighted by Gasteiger charge is 2.06. The molecule has 0 fully saturated rings. The van der Waals surface area contributed by atoms with Crippen molar-refractivity contribution in [2.75, 3.05) is 11.9 Å². The molecule has 0 aliphatic carbocycles.